The van der Waals surface area contributed by atoms with Gasteiger partial charge in [0.2, 0.25) is 5.76 Å². The highest BCUT2D eigenvalue weighted by Crippen LogP contribution is 2.14. The van der Waals surface area contributed by atoms with Crippen LogP contribution < -0.4 is 5.32 Å². The van der Waals surface area contributed by atoms with Gasteiger partial charge in [0, 0.05) is 18.2 Å². The van der Waals surface area contributed by atoms with Gasteiger partial charge in [0.25, 0.3) is 5.91 Å². The lowest BCUT2D eigenvalue weighted by molar-refractivity contribution is 0.0994. The topological polar surface area (TPSA) is 72.2 Å². The van der Waals surface area contributed by atoms with Gasteiger partial charge in [-0.25, -0.2) is 4.98 Å². The van der Waals surface area contributed by atoms with Crippen LogP contribution in [0.15, 0.2) is 28.7 Å². The molecule has 18 heavy (non-hydrogen) atoms. The zero-order chi connectivity index (χ0) is 13.1. The second-order valence-corrected chi connectivity index (χ2v) is 3.84. The number of rotatable bonds is 3. The van der Waals surface area contributed by atoms with Crippen LogP contribution in [0.5, 0.6) is 0 Å². The monoisotopic (exact) mass is 244 g/mol. The van der Waals surface area contributed by atoms with Gasteiger partial charge < -0.3 is 9.73 Å². The summed E-state index contributed by atoms with van der Waals surface area (Å²) >= 11 is 0. The van der Waals surface area contributed by atoms with Crippen molar-refractivity contribution in [2.24, 2.45) is 0 Å². The molecule has 1 N–H and O–H groups in total. The van der Waals surface area contributed by atoms with E-state index in [0.29, 0.717) is 22.8 Å². The molecule has 2 rings (SSSR count). The van der Waals surface area contributed by atoms with Crippen molar-refractivity contribution in [2.75, 3.05) is 5.32 Å². The Morgan fingerprint density at radius 3 is 2.78 bits per heavy atom. The summed E-state index contributed by atoms with van der Waals surface area (Å²) in [5.41, 5.74) is 1.58. The van der Waals surface area contributed by atoms with Crippen LogP contribution in [-0.2, 0) is 0 Å². The van der Waals surface area contributed by atoms with Crippen LogP contribution in [0.1, 0.15) is 32.5 Å². The molecule has 1 heterocycles. The Balaban J connectivity index is 2.21. The Hall–Kier alpha value is -2.43. The molecule has 1 aromatic carbocycles. The number of nitrogens with zero attached hydrogens (tertiary/aromatic N) is 1. The molecule has 0 saturated heterocycles. The molecule has 2 aromatic rings. The van der Waals surface area contributed by atoms with Crippen molar-refractivity contribution in [2.45, 2.75) is 13.8 Å². The molecule has 1 aromatic heterocycles. The lowest BCUT2D eigenvalue weighted by Crippen LogP contribution is -2.12. The third-order valence-electron chi connectivity index (χ3n) is 2.39. The maximum Gasteiger partial charge on any atom is 0.293 e. The van der Waals surface area contributed by atoms with Gasteiger partial charge in [-0.05, 0) is 19.1 Å². The Morgan fingerprint density at radius 1 is 1.39 bits per heavy atom. The van der Waals surface area contributed by atoms with Gasteiger partial charge in [-0.3, -0.25) is 9.59 Å². The normalized spacial score (nSPS) is 10.1. The molecular weight excluding hydrogens is 232 g/mol. The number of carbonyl (C=O) groups excluding carboxylic acids is 2. The predicted octanol–water partition coefficient (Wildman–Crippen LogP) is 2.36. The molecule has 0 spiro atoms. The first-order chi connectivity index (χ1) is 8.60. The number of anilines is 1. The Bertz CT molecular complexity index is 602. The SMILES string of the molecule is Cc1nc(C)c(C(=O)Nc2cccc(C=O)c2)o1. The van der Waals surface area contributed by atoms with Crippen LogP contribution in [0.4, 0.5) is 5.69 Å². The molecule has 0 aliphatic heterocycles. The quantitative estimate of drug-likeness (QED) is 0.841. The number of oxazole rings is 1. The van der Waals surface area contributed by atoms with Gasteiger partial charge in [-0.15, -0.1) is 0 Å². The number of carbonyl (C=O) groups is 2. The highest BCUT2D eigenvalue weighted by Gasteiger charge is 2.15. The molecule has 0 fully saturated rings. The molecule has 0 atom stereocenters. The fraction of sp³-hybridized carbons (Fsp3) is 0.154. The highest BCUT2D eigenvalue weighted by atomic mass is 16.4. The smallest absolute Gasteiger partial charge is 0.293 e. The number of benzene rings is 1. The first-order valence-corrected chi connectivity index (χ1v) is 5.41. The minimum absolute atomic E-state index is 0.184. The summed E-state index contributed by atoms with van der Waals surface area (Å²) < 4.78 is 5.21. The number of nitrogens with one attached hydrogen (secondary N) is 1. The summed E-state index contributed by atoms with van der Waals surface area (Å²) in [5.74, 6) is 0.249. The molecule has 5 nitrogen and oxygen atoms in total. The summed E-state index contributed by atoms with van der Waals surface area (Å²) in [4.78, 5) is 26.6. The number of aromatic nitrogens is 1. The summed E-state index contributed by atoms with van der Waals surface area (Å²) in [6, 6.07) is 6.64. The summed E-state index contributed by atoms with van der Waals surface area (Å²) in [7, 11) is 0. The fourth-order valence-corrected chi connectivity index (χ4v) is 1.62. The zero-order valence-electron chi connectivity index (χ0n) is 10.1. The van der Waals surface area contributed by atoms with Crippen molar-refractivity contribution < 1.29 is 14.0 Å². The van der Waals surface area contributed by atoms with Crippen LogP contribution >= 0.6 is 0 Å². The standard InChI is InChI=1S/C13H12N2O3/c1-8-12(18-9(2)14-8)13(17)15-11-5-3-4-10(6-11)7-16/h3-7H,1-2H3,(H,15,17). The first kappa shape index (κ1) is 12.0. The van der Waals surface area contributed by atoms with Gasteiger partial charge in [0.15, 0.2) is 5.89 Å². The van der Waals surface area contributed by atoms with Crippen LogP contribution in [0.25, 0.3) is 0 Å². The van der Waals surface area contributed by atoms with Crippen LogP contribution in [0.2, 0.25) is 0 Å². The van der Waals surface area contributed by atoms with Crippen LogP contribution in [0, 0.1) is 13.8 Å². The van der Waals surface area contributed by atoms with E-state index in [1.165, 1.54) is 0 Å². The second-order valence-electron chi connectivity index (χ2n) is 3.84. The average Bonchev–Trinajstić information content (AvgIpc) is 2.69. The Morgan fingerprint density at radius 2 is 2.17 bits per heavy atom. The molecule has 0 bridgehead atoms. The second kappa shape index (κ2) is 4.83. The van der Waals surface area contributed by atoms with E-state index in [4.69, 9.17) is 4.42 Å². The van der Waals surface area contributed by atoms with Crippen molar-refractivity contribution in [3.63, 3.8) is 0 Å². The van der Waals surface area contributed by atoms with E-state index in [-0.39, 0.29) is 11.7 Å². The van der Waals surface area contributed by atoms with Crippen molar-refractivity contribution in [1.29, 1.82) is 0 Å². The fourth-order valence-electron chi connectivity index (χ4n) is 1.62. The molecule has 0 saturated carbocycles. The summed E-state index contributed by atoms with van der Waals surface area (Å²) in [5, 5.41) is 2.66. The van der Waals surface area contributed by atoms with E-state index in [1.807, 2.05) is 0 Å². The van der Waals surface area contributed by atoms with Gasteiger partial charge in [0.1, 0.15) is 6.29 Å². The Labute approximate surface area is 104 Å². The maximum absolute atomic E-state index is 11.9. The molecule has 1 amide bonds. The largest absolute Gasteiger partial charge is 0.436 e. The summed E-state index contributed by atoms with van der Waals surface area (Å²) in [6.07, 6.45) is 0.722. The highest BCUT2D eigenvalue weighted by molar-refractivity contribution is 6.03. The van der Waals surface area contributed by atoms with E-state index >= 15 is 0 Å². The van der Waals surface area contributed by atoms with E-state index in [9.17, 15) is 9.59 Å². The predicted molar refractivity (Wildman–Crippen MR) is 65.8 cm³/mol. The molecule has 0 radical (unpaired) electrons. The number of hydrogen-bond acceptors (Lipinski definition) is 4. The molecule has 92 valence electrons. The van der Waals surface area contributed by atoms with Gasteiger partial charge in [-0.1, -0.05) is 12.1 Å². The van der Waals surface area contributed by atoms with Crippen LogP contribution in [-0.4, -0.2) is 17.2 Å². The van der Waals surface area contributed by atoms with Crippen molar-refractivity contribution in [1.82, 2.24) is 4.98 Å². The van der Waals surface area contributed by atoms with E-state index in [2.05, 4.69) is 10.3 Å². The molecule has 0 aliphatic carbocycles. The number of aryl methyl sites for hydroxylation is 2. The molecular formula is C13H12N2O3. The lowest BCUT2D eigenvalue weighted by Gasteiger charge is -2.03. The average molecular weight is 244 g/mol. The van der Waals surface area contributed by atoms with Crippen molar-refractivity contribution >= 4 is 17.9 Å². The van der Waals surface area contributed by atoms with Crippen molar-refractivity contribution in [3.8, 4) is 0 Å². The van der Waals surface area contributed by atoms with E-state index in [1.54, 1.807) is 38.1 Å². The maximum atomic E-state index is 11.9. The number of hydrogen-bond donors (Lipinski definition) is 1. The number of aldehydes is 1. The van der Waals surface area contributed by atoms with Gasteiger partial charge in [0.05, 0.1) is 5.69 Å². The first-order valence-electron chi connectivity index (χ1n) is 5.41. The van der Waals surface area contributed by atoms with E-state index in [0.717, 1.165) is 6.29 Å². The van der Waals surface area contributed by atoms with E-state index < -0.39 is 0 Å². The van der Waals surface area contributed by atoms with Gasteiger partial charge in [-0.2, -0.15) is 0 Å². The number of amides is 1. The van der Waals surface area contributed by atoms with Crippen molar-refractivity contribution in [3.05, 3.63) is 47.2 Å². The molecule has 0 unspecified atom stereocenters. The minimum Gasteiger partial charge on any atom is -0.436 e. The third-order valence-corrected chi connectivity index (χ3v) is 2.39. The summed E-state index contributed by atoms with van der Waals surface area (Å²) in [6.45, 7) is 3.38. The molecule has 0 aliphatic rings. The molecule has 5 heteroatoms. The van der Waals surface area contributed by atoms with Gasteiger partial charge >= 0.3 is 0 Å². The third kappa shape index (κ3) is 2.45. The Kier molecular flexibility index (Phi) is 3.23. The lowest BCUT2D eigenvalue weighted by atomic mass is 10.2. The minimum atomic E-state index is -0.379. The zero-order valence-corrected chi connectivity index (χ0v) is 10.1. The van der Waals surface area contributed by atoms with Crippen LogP contribution in [0.3, 0.4) is 0 Å².